The number of halogens is 3. The summed E-state index contributed by atoms with van der Waals surface area (Å²) < 4.78 is 34.6. The van der Waals surface area contributed by atoms with Crippen molar-refractivity contribution in [3.05, 3.63) is 83.0 Å². The van der Waals surface area contributed by atoms with Crippen molar-refractivity contribution in [3.8, 4) is 16.9 Å². The summed E-state index contributed by atoms with van der Waals surface area (Å²) in [5.41, 5.74) is 8.28. The average molecular weight is 581 g/mol. The first kappa shape index (κ1) is 29.0. The molecular formula is C32H35ClF2N4O2. The van der Waals surface area contributed by atoms with Crippen LogP contribution in [0.15, 0.2) is 66.9 Å². The van der Waals surface area contributed by atoms with Crippen LogP contribution in [0.25, 0.3) is 22.0 Å². The molecule has 0 radical (unpaired) electrons. The fourth-order valence-electron chi connectivity index (χ4n) is 5.03. The van der Waals surface area contributed by atoms with E-state index in [1.165, 1.54) is 69.4 Å². The molecule has 3 aromatic carbocycles. The number of hydrogen-bond donors (Lipinski definition) is 1. The molecule has 0 bridgehead atoms. The van der Waals surface area contributed by atoms with Crippen LogP contribution in [0.5, 0.6) is 5.75 Å². The lowest BCUT2D eigenvalue weighted by Gasteiger charge is -2.14. The minimum atomic E-state index is -3.66. The minimum absolute atomic E-state index is 0.411. The molecule has 216 valence electrons. The average Bonchev–Trinajstić information content (AvgIpc) is 3.48. The fourth-order valence-corrected chi connectivity index (χ4v) is 5.28. The summed E-state index contributed by atoms with van der Waals surface area (Å²) in [7, 11) is 1.85. The number of carbonyl (C=O) groups excluding carboxylic acids is 1. The van der Waals surface area contributed by atoms with E-state index >= 15 is 0 Å². The Morgan fingerprint density at radius 2 is 1.76 bits per heavy atom. The smallest absolute Gasteiger partial charge is 0.349 e. The fraction of sp³-hybridized carbons (Fsp3) is 0.375. The number of primary amides is 1. The second kappa shape index (κ2) is 12.6. The number of benzene rings is 3. The van der Waals surface area contributed by atoms with E-state index in [1.54, 1.807) is 23.0 Å². The van der Waals surface area contributed by atoms with Gasteiger partial charge in [-0.2, -0.15) is 13.9 Å². The SMILES string of the molecule is Clc1cc(CCCN2CCCC2)ccc1OC1CC1.Cn1ncc2cc(-c3ccc(C(F)(F)C(N)=O)cc3)ccc21. The lowest BCUT2D eigenvalue weighted by Crippen LogP contribution is -2.32. The van der Waals surface area contributed by atoms with Crippen molar-refractivity contribution in [2.45, 2.75) is 50.6 Å². The Kier molecular flexibility index (Phi) is 8.90. The van der Waals surface area contributed by atoms with E-state index in [2.05, 4.69) is 22.1 Å². The van der Waals surface area contributed by atoms with Gasteiger partial charge in [0.05, 0.1) is 22.8 Å². The van der Waals surface area contributed by atoms with Gasteiger partial charge in [0.2, 0.25) is 0 Å². The molecule has 4 aromatic rings. The van der Waals surface area contributed by atoms with Crippen LogP contribution in [0.2, 0.25) is 5.02 Å². The summed E-state index contributed by atoms with van der Waals surface area (Å²) in [6.07, 6.45) is 9.59. The van der Waals surface area contributed by atoms with E-state index in [9.17, 15) is 13.6 Å². The van der Waals surface area contributed by atoms with Gasteiger partial charge in [0.25, 0.3) is 5.91 Å². The van der Waals surface area contributed by atoms with Gasteiger partial charge in [0, 0.05) is 18.0 Å². The predicted molar refractivity (Wildman–Crippen MR) is 158 cm³/mol. The van der Waals surface area contributed by atoms with Gasteiger partial charge in [-0.25, -0.2) is 0 Å². The highest BCUT2D eigenvalue weighted by Crippen LogP contribution is 2.33. The van der Waals surface area contributed by atoms with Crippen LogP contribution in [0.4, 0.5) is 8.78 Å². The van der Waals surface area contributed by atoms with Gasteiger partial charge >= 0.3 is 5.92 Å². The van der Waals surface area contributed by atoms with Crippen LogP contribution in [0.3, 0.4) is 0 Å². The first-order valence-corrected chi connectivity index (χ1v) is 14.5. The molecule has 6 rings (SSSR count). The number of alkyl halides is 2. The largest absolute Gasteiger partial charge is 0.489 e. The number of likely N-dealkylation sites (tertiary alicyclic amines) is 1. The molecule has 2 heterocycles. The zero-order valence-corrected chi connectivity index (χ0v) is 23.9. The second-order valence-corrected chi connectivity index (χ2v) is 11.2. The molecule has 2 aliphatic rings. The molecular weight excluding hydrogens is 546 g/mol. The maximum atomic E-state index is 13.5. The monoisotopic (exact) mass is 580 g/mol. The number of hydrogen-bond acceptors (Lipinski definition) is 4. The third-order valence-electron chi connectivity index (χ3n) is 7.59. The summed E-state index contributed by atoms with van der Waals surface area (Å²) in [5.74, 6) is -4.46. The van der Waals surface area contributed by atoms with Crippen molar-refractivity contribution >= 4 is 28.4 Å². The van der Waals surface area contributed by atoms with Gasteiger partial charge in [-0.15, -0.1) is 0 Å². The summed E-state index contributed by atoms with van der Waals surface area (Å²) >= 11 is 6.27. The summed E-state index contributed by atoms with van der Waals surface area (Å²) in [5, 5.41) is 5.90. The van der Waals surface area contributed by atoms with E-state index < -0.39 is 17.4 Å². The van der Waals surface area contributed by atoms with Crippen molar-refractivity contribution in [1.82, 2.24) is 14.7 Å². The zero-order valence-electron chi connectivity index (χ0n) is 23.2. The highest BCUT2D eigenvalue weighted by molar-refractivity contribution is 6.32. The maximum absolute atomic E-state index is 13.5. The van der Waals surface area contributed by atoms with Crippen LogP contribution in [0, 0.1) is 0 Å². The predicted octanol–water partition coefficient (Wildman–Crippen LogP) is 6.73. The molecule has 0 spiro atoms. The number of carbonyl (C=O) groups is 1. The minimum Gasteiger partial charge on any atom is -0.489 e. The van der Waals surface area contributed by atoms with Gasteiger partial charge in [-0.1, -0.05) is 48.0 Å². The van der Waals surface area contributed by atoms with Crippen LogP contribution < -0.4 is 10.5 Å². The number of fused-ring (bicyclic) bond motifs is 1. The van der Waals surface area contributed by atoms with Crippen molar-refractivity contribution in [3.63, 3.8) is 0 Å². The molecule has 9 heteroatoms. The first-order chi connectivity index (χ1) is 19.7. The lowest BCUT2D eigenvalue weighted by atomic mass is 10.0. The summed E-state index contributed by atoms with van der Waals surface area (Å²) in [6.45, 7) is 3.79. The Balaban J connectivity index is 0.000000166. The van der Waals surface area contributed by atoms with E-state index in [4.69, 9.17) is 22.1 Å². The zero-order chi connectivity index (χ0) is 29.0. The topological polar surface area (TPSA) is 73.4 Å². The van der Waals surface area contributed by atoms with Crippen molar-refractivity contribution in [1.29, 1.82) is 0 Å². The Morgan fingerprint density at radius 3 is 2.41 bits per heavy atom. The summed E-state index contributed by atoms with van der Waals surface area (Å²) in [6, 6.07) is 17.5. The molecule has 6 nitrogen and oxygen atoms in total. The number of aromatic nitrogens is 2. The third kappa shape index (κ3) is 7.24. The molecule has 0 unspecified atom stereocenters. The second-order valence-electron chi connectivity index (χ2n) is 10.8. The molecule has 1 aliphatic heterocycles. The van der Waals surface area contributed by atoms with Gasteiger partial charge < -0.3 is 15.4 Å². The Bertz CT molecular complexity index is 1500. The molecule has 0 atom stereocenters. The van der Waals surface area contributed by atoms with Gasteiger partial charge in [0.1, 0.15) is 5.75 Å². The normalized spacial score (nSPS) is 15.5. The maximum Gasteiger partial charge on any atom is 0.349 e. The Hall–Kier alpha value is -3.49. The van der Waals surface area contributed by atoms with E-state index in [0.717, 1.165) is 39.2 Å². The quantitative estimate of drug-likeness (QED) is 0.238. The standard InChI is InChI=1S/C16H22ClNO.C16H13F2N3O/c17-15-12-13(4-3-11-18-9-1-2-10-18)5-8-16(15)19-14-6-7-14;1-21-14-7-4-11(8-12(14)9-20-21)10-2-5-13(6-3-10)16(17,18)15(19)22/h5,8,12,14H,1-4,6-7,9-11H2;2-9H,1H3,(H2,19,22). The van der Waals surface area contributed by atoms with E-state index in [1.807, 2.05) is 31.3 Å². The van der Waals surface area contributed by atoms with Crippen molar-refractivity contribution < 1.29 is 18.3 Å². The van der Waals surface area contributed by atoms with Gasteiger partial charge in [0.15, 0.2) is 0 Å². The number of amides is 1. The molecule has 1 amide bonds. The van der Waals surface area contributed by atoms with E-state index in [0.29, 0.717) is 6.10 Å². The van der Waals surface area contributed by atoms with Crippen molar-refractivity contribution in [2.75, 3.05) is 19.6 Å². The Labute approximate surface area is 244 Å². The van der Waals surface area contributed by atoms with Crippen LogP contribution >= 0.6 is 11.6 Å². The number of aryl methyl sites for hydroxylation is 2. The first-order valence-electron chi connectivity index (χ1n) is 14.1. The number of nitrogens with zero attached hydrogens (tertiary/aromatic N) is 3. The van der Waals surface area contributed by atoms with Crippen LogP contribution in [0.1, 0.15) is 43.2 Å². The summed E-state index contributed by atoms with van der Waals surface area (Å²) in [4.78, 5) is 13.3. The molecule has 2 fully saturated rings. The van der Waals surface area contributed by atoms with Crippen molar-refractivity contribution in [2.24, 2.45) is 12.8 Å². The number of nitrogens with two attached hydrogens (primary N) is 1. The van der Waals surface area contributed by atoms with Gasteiger partial charge in [-0.05, 0) is 99.1 Å². The molecule has 1 aromatic heterocycles. The third-order valence-corrected chi connectivity index (χ3v) is 7.88. The molecule has 2 N–H and O–H groups in total. The number of ether oxygens (including phenoxy) is 1. The molecule has 1 saturated heterocycles. The number of rotatable bonds is 9. The highest BCUT2D eigenvalue weighted by Gasteiger charge is 2.38. The molecule has 1 saturated carbocycles. The van der Waals surface area contributed by atoms with Crippen LogP contribution in [-0.4, -0.2) is 46.3 Å². The van der Waals surface area contributed by atoms with E-state index in [-0.39, 0.29) is 0 Å². The molecule has 41 heavy (non-hydrogen) atoms. The molecule has 1 aliphatic carbocycles. The van der Waals surface area contributed by atoms with Gasteiger partial charge in [-0.3, -0.25) is 9.48 Å². The highest BCUT2D eigenvalue weighted by atomic mass is 35.5. The van der Waals surface area contributed by atoms with Crippen LogP contribution in [-0.2, 0) is 24.2 Å². The lowest BCUT2D eigenvalue weighted by molar-refractivity contribution is -0.143. The Morgan fingerprint density at radius 1 is 1.05 bits per heavy atom.